The highest BCUT2D eigenvalue weighted by Gasteiger charge is 2.47. The number of ether oxygens (including phenoxy) is 3. The van der Waals surface area contributed by atoms with Gasteiger partial charge in [0.1, 0.15) is 18.3 Å². The lowest BCUT2D eigenvalue weighted by molar-refractivity contribution is -0.142. The summed E-state index contributed by atoms with van der Waals surface area (Å²) in [5, 5.41) is 3.74. The number of fused-ring (bicyclic) bond motifs is 1. The molecule has 0 radical (unpaired) electrons. The first kappa shape index (κ1) is 33.3. The lowest BCUT2D eigenvalue weighted by atomic mass is 9.75. The Morgan fingerprint density at radius 1 is 1.02 bits per heavy atom. The minimum Gasteiger partial charge on any atom is -0.460 e. The molecule has 3 aliphatic rings. The van der Waals surface area contributed by atoms with E-state index in [1.54, 1.807) is 38.5 Å². The molecule has 2 aromatic rings. The number of rotatable bonds is 12. The molecule has 1 aromatic carbocycles. The predicted molar refractivity (Wildman–Crippen MR) is 167 cm³/mol. The molecule has 1 aromatic heterocycles. The summed E-state index contributed by atoms with van der Waals surface area (Å²) >= 11 is 0. The van der Waals surface area contributed by atoms with Crippen LogP contribution in [0.2, 0.25) is 0 Å². The Morgan fingerprint density at radius 3 is 2.47 bits per heavy atom. The summed E-state index contributed by atoms with van der Waals surface area (Å²) in [6.07, 6.45) is 8.23. The number of nitrogens with zero attached hydrogens (tertiary/aromatic N) is 1. The molecule has 3 atom stereocenters. The van der Waals surface area contributed by atoms with Gasteiger partial charge in [0.2, 0.25) is 17.6 Å². The third kappa shape index (κ3) is 7.86. The Balaban J connectivity index is 1.30. The number of furan rings is 1. The van der Waals surface area contributed by atoms with Crippen LogP contribution in [0.5, 0.6) is 0 Å². The minimum absolute atomic E-state index is 0.0226. The monoisotopic (exact) mass is 629 g/mol. The first-order valence-corrected chi connectivity index (χ1v) is 16.5. The minimum atomic E-state index is -0.579. The van der Waals surface area contributed by atoms with Gasteiger partial charge in [0, 0.05) is 56.8 Å². The molecule has 3 N–H and O–H groups in total. The van der Waals surface area contributed by atoms with Crippen molar-refractivity contribution in [3.05, 3.63) is 30.0 Å². The van der Waals surface area contributed by atoms with E-state index < -0.39 is 24.7 Å². The molecule has 1 saturated heterocycles. The second kappa shape index (κ2) is 15.5. The van der Waals surface area contributed by atoms with Crippen molar-refractivity contribution >= 4 is 34.4 Å². The number of benzene rings is 1. The van der Waals surface area contributed by atoms with Gasteiger partial charge in [-0.25, -0.2) is 9.18 Å². The van der Waals surface area contributed by atoms with Gasteiger partial charge in [-0.2, -0.15) is 0 Å². The maximum atomic E-state index is 14.1. The van der Waals surface area contributed by atoms with Gasteiger partial charge in [-0.05, 0) is 99.8 Å². The number of esters is 1. The van der Waals surface area contributed by atoms with Crippen molar-refractivity contribution in [3.63, 3.8) is 0 Å². The van der Waals surface area contributed by atoms with Gasteiger partial charge in [-0.1, -0.05) is 0 Å². The van der Waals surface area contributed by atoms with Gasteiger partial charge in [0.05, 0.1) is 12.7 Å². The fourth-order valence-electron chi connectivity index (χ4n) is 7.68. The molecule has 2 amide bonds. The molecule has 2 heterocycles. The highest BCUT2D eigenvalue weighted by Crippen LogP contribution is 2.42. The van der Waals surface area contributed by atoms with Crippen LogP contribution in [0.25, 0.3) is 11.0 Å². The van der Waals surface area contributed by atoms with Crippen LogP contribution in [0.1, 0.15) is 74.8 Å². The molecule has 10 nitrogen and oxygen atoms in total. The lowest BCUT2D eigenvalue weighted by Crippen LogP contribution is -2.50. The van der Waals surface area contributed by atoms with Gasteiger partial charge in [-0.15, -0.1) is 0 Å². The average molecular weight is 630 g/mol. The molecule has 0 spiro atoms. The molecule has 3 fully saturated rings. The normalized spacial score (nSPS) is 27.8. The van der Waals surface area contributed by atoms with Crippen molar-refractivity contribution in [1.82, 2.24) is 4.90 Å². The molecular formula is C34H48FN3O7. The number of halogens is 1. The van der Waals surface area contributed by atoms with Crippen LogP contribution >= 0.6 is 0 Å². The van der Waals surface area contributed by atoms with Crippen molar-refractivity contribution < 1.29 is 37.4 Å². The molecular weight excluding hydrogens is 581 g/mol. The Bertz CT molecular complexity index is 1300. The van der Waals surface area contributed by atoms with Gasteiger partial charge in [0.25, 0.3) is 0 Å². The van der Waals surface area contributed by atoms with E-state index >= 15 is 0 Å². The van der Waals surface area contributed by atoms with Gasteiger partial charge < -0.3 is 34.6 Å². The smallest absolute Gasteiger partial charge is 0.374 e. The third-order valence-corrected chi connectivity index (χ3v) is 10.3. The lowest BCUT2D eigenvalue weighted by Gasteiger charge is -2.37. The standard InChI is InChI=1S/C34H48FN3O7/c1-42-16-3-17-44-34(41)30-19-24-18-25(10-13-29(24)45-30)37-32(39)31-27(21-8-11-26(43-2)12-9-21)14-15-38(31)33(40)23-6-4-22(5-7-23)28(36)20-35/h10,13,18-19,21-23,26-28,31H,3-9,11-12,14-17,20,36H2,1-2H3,(H,37,39)/t21?,22?,23?,26?,27-,28+,31-/m0/s1. The maximum Gasteiger partial charge on any atom is 0.374 e. The van der Waals surface area contributed by atoms with Crippen LogP contribution in [0.15, 0.2) is 28.7 Å². The van der Waals surface area contributed by atoms with E-state index in [9.17, 15) is 18.8 Å². The number of carbonyl (C=O) groups excluding carboxylic acids is 3. The summed E-state index contributed by atoms with van der Waals surface area (Å²) in [4.78, 5) is 42.3. The molecule has 45 heavy (non-hydrogen) atoms. The molecule has 2 saturated carbocycles. The van der Waals surface area contributed by atoms with Crippen LogP contribution in [0.3, 0.4) is 0 Å². The second-order valence-electron chi connectivity index (χ2n) is 13.0. The first-order chi connectivity index (χ1) is 21.8. The molecule has 0 unspecified atom stereocenters. The molecule has 0 bridgehead atoms. The van der Waals surface area contributed by atoms with Gasteiger partial charge in [-0.3, -0.25) is 9.59 Å². The van der Waals surface area contributed by atoms with E-state index in [2.05, 4.69) is 5.32 Å². The van der Waals surface area contributed by atoms with Crippen molar-refractivity contribution in [1.29, 1.82) is 0 Å². The number of nitrogens with two attached hydrogens (primary N) is 1. The maximum absolute atomic E-state index is 14.1. The highest BCUT2D eigenvalue weighted by molar-refractivity contribution is 6.00. The number of alkyl halides is 1. The largest absolute Gasteiger partial charge is 0.460 e. The van der Waals surface area contributed by atoms with Crippen molar-refractivity contribution in [2.75, 3.05) is 46.0 Å². The van der Waals surface area contributed by atoms with E-state index in [1.807, 2.05) is 4.90 Å². The summed E-state index contributed by atoms with van der Waals surface area (Å²) in [7, 11) is 3.34. The summed E-state index contributed by atoms with van der Waals surface area (Å²) in [5.41, 5.74) is 7.03. The SMILES string of the molecule is COCCCOC(=O)c1cc2cc(NC(=O)[C@@H]3[C@H](C4CCC(OC)CC4)CCN3C(=O)C3CCC([C@H](N)CF)CC3)ccc2o1. The van der Waals surface area contributed by atoms with E-state index in [-0.39, 0.29) is 48.0 Å². The predicted octanol–water partition coefficient (Wildman–Crippen LogP) is 5.09. The number of anilines is 1. The summed E-state index contributed by atoms with van der Waals surface area (Å²) in [5.74, 6) is -0.343. The molecule has 248 valence electrons. The molecule has 5 rings (SSSR count). The summed E-state index contributed by atoms with van der Waals surface area (Å²) < 4.78 is 34.7. The van der Waals surface area contributed by atoms with Crippen molar-refractivity contribution in [2.24, 2.45) is 29.4 Å². The highest BCUT2D eigenvalue weighted by atomic mass is 19.1. The number of hydrogen-bond donors (Lipinski definition) is 2. The zero-order valence-electron chi connectivity index (χ0n) is 26.5. The van der Waals surface area contributed by atoms with E-state index in [4.69, 9.17) is 24.4 Å². The molecule has 2 aliphatic carbocycles. The van der Waals surface area contributed by atoms with Crippen molar-refractivity contribution in [2.45, 2.75) is 82.4 Å². The second-order valence-corrected chi connectivity index (χ2v) is 13.0. The Morgan fingerprint density at radius 2 is 1.78 bits per heavy atom. The number of carbonyl (C=O) groups is 3. The fraction of sp³-hybridized carbons (Fsp3) is 0.676. The summed E-state index contributed by atoms with van der Waals surface area (Å²) in [6, 6.07) is 5.78. The number of likely N-dealkylation sites (tertiary alicyclic amines) is 1. The molecule has 11 heteroatoms. The first-order valence-electron chi connectivity index (χ1n) is 16.5. The van der Waals surface area contributed by atoms with Crippen LogP contribution in [0, 0.1) is 23.7 Å². The Hall–Kier alpha value is -3.02. The zero-order chi connectivity index (χ0) is 31.9. The Kier molecular flexibility index (Phi) is 11.5. The Labute approximate surface area is 264 Å². The number of methoxy groups -OCH3 is 2. The van der Waals surface area contributed by atoms with Crippen LogP contribution in [-0.4, -0.2) is 81.5 Å². The van der Waals surface area contributed by atoms with E-state index in [0.717, 1.165) is 44.9 Å². The van der Waals surface area contributed by atoms with Crippen LogP contribution in [0.4, 0.5) is 10.1 Å². The topological polar surface area (TPSA) is 133 Å². The van der Waals surface area contributed by atoms with Crippen LogP contribution in [-0.2, 0) is 23.8 Å². The number of hydrogen-bond acceptors (Lipinski definition) is 8. The zero-order valence-corrected chi connectivity index (χ0v) is 26.5. The third-order valence-electron chi connectivity index (χ3n) is 10.3. The molecule has 1 aliphatic heterocycles. The number of nitrogens with one attached hydrogen (secondary N) is 1. The van der Waals surface area contributed by atoms with Crippen LogP contribution < -0.4 is 11.1 Å². The van der Waals surface area contributed by atoms with Crippen molar-refractivity contribution in [3.8, 4) is 0 Å². The fourth-order valence-corrected chi connectivity index (χ4v) is 7.68. The quantitative estimate of drug-likeness (QED) is 0.245. The summed E-state index contributed by atoms with van der Waals surface area (Å²) in [6.45, 7) is 0.719. The average Bonchev–Trinajstić information content (AvgIpc) is 3.71. The van der Waals surface area contributed by atoms with E-state index in [1.165, 1.54) is 0 Å². The van der Waals surface area contributed by atoms with Gasteiger partial charge in [0.15, 0.2) is 0 Å². The number of amides is 2. The van der Waals surface area contributed by atoms with Gasteiger partial charge >= 0.3 is 5.97 Å². The van der Waals surface area contributed by atoms with E-state index in [0.29, 0.717) is 55.0 Å².